The molecule has 11 nitrogen and oxygen atoms in total. The molecule has 2 saturated heterocycles. The van der Waals surface area contributed by atoms with Crippen LogP contribution in [0.4, 0.5) is 0 Å². The Kier molecular flexibility index (Phi) is 8.55. The van der Waals surface area contributed by atoms with Crippen molar-refractivity contribution in [2.75, 3.05) is 6.61 Å². The molecule has 0 N–H and O–H groups in total. The minimum absolute atomic E-state index is 0.115. The third kappa shape index (κ3) is 5.22. The Labute approximate surface area is 200 Å². The van der Waals surface area contributed by atoms with Gasteiger partial charge in [0.2, 0.25) is 14.6 Å². The third-order valence-electron chi connectivity index (χ3n) is 6.80. The first-order chi connectivity index (χ1) is 16.1. The molecule has 0 aliphatic carbocycles. The van der Waals surface area contributed by atoms with Crippen molar-refractivity contribution < 1.29 is 28.6 Å². The average Bonchev–Trinajstić information content (AvgIpc) is 2.78. The SMILES string of the molecule is CC(C)[Si](O[C@H]1[C@@H]2OC(c3ccccc3)OC[C@H]2OC(O[N+](=O)[O-])[C@@H]1N=[N+]=[N-])(C(C)C)C(C)C. The van der Waals surface area contributed by atoms with Crippen molar-refractivity contribution in [2.45, 2.75) is 95.1 Å². The fourth-order valence-electron chi connectivity index (χ4n) is 5.47. The van der Waals surface area contributed by atoms with Crippen molar-refractivity contribution in [3.05, 3.63) is 56.5 Å². The minimum atomic E-state index is -2.52. The van der Waals surface area contributed by atoms with Crippen molar-refractivity contribution in [3.63, 3.8) is 0 Å². The van der Waals surface area contributed by atoms with Crippen molar-refractivity contribution in [1.82, 2.24) is 0 Å². The summed E-state index contributed by atoms with van der Waals surface area (Å²) in [7, 11) is -2.52. The van der Waals surface area contributed by atoms with E-state index in [1.54, 1.807) is 0 Å². The number of hydrogen-bond acceptors (Lipinski definition) is 8. The van der Waals surface area contributed by atoms with E-state index in [1.165, 1.54) is 0 Å². The molecule has 0 bridgehead atoms. The monoisotopic (exact) mass is 494 g/mol. The lowest BCUT2D eigenvalue weighted by molar-refractivity contribution is -0.784. The van der Waals surface area contributed by atoms with E-state index in [1.807, 2.05) is 30.3 Å². The second-order valence-corrected chi connectivity index (χ2v) is 15.1. The maximum Gasteiger partial charge on any atom is 0.297 e. The van der Waals surface area contributed by atoms with Crippen molar-refractivity contribution in [1.29, 1.82) is 0 Å². The van der Waals surface area contributed by atoms with Crippen LogP contribution in [0.15, 0.2) is 35.4 Å². The lowest BCUT2D eigenvalue weighted by Gasteiger charge is -2.52. The van der Waals surface area contributed by atoms with Gasteiger partial charge in [0.15, 0.2) is 6.29 Å². The van der Waals surface area contributed by atoms with Gasteiger partial charge in [0.1, 0.15) is 18.2 Å². The van der Waals surface area contributed by atoms with E-state index in [2.05, 4.69) is 51.6 Å². The van der Waals surface area contributed by atoms with Crippen LogP contribution in [0, 0.1) is 10.1 Å². The van der Waals surface area contributed by atoms with Gasteiger partial charge < -0.3 is 18.6 Å². The highest BCUT2D eigenvalue weighted by Gasteiger charge is 2.56. The van der Waals surface area contributed by atoms with Gasteiger partial charge in [-0.15, -0.1) is 10.1 Å². The van der Waals surface area contributed by atoms with Crippen LogP contribution in [-0.4, -0.2) is 50.7 Å². The number of azide groups is 1. The van der Waals surface area contributed by atoms with Crippen LogP contribution >= 0.6 is 0 Å². The standard InChI is InChI=1S/C22H34N4O7Si/c1-13(2)34(14(3)4,15(5)6)33-20-18(24-25-23)22(32-26(27)28)30-17-12-29-21(31-19(17)20)16-10-8-7-9-11-16/h7-11,13-15,17-22H,12H2,1-6H3/t17-,18-,19-,20-,21?,22?/m1/s1. The smallest absolute Gasteiger partial charge is 0.297 e. The lowest BCUT2D eigenvalue weighted by Crippen LogP contribution is -2.66. The Morgan fingerprint density at radius 1 is 1.12 bits per heavy atom. The van der Waals surface area contributed by atoms with Crippen molar-refractivity contribution in [3.8, 4) is 0 Å². The van der Waals surface area contributed by atoms with Crippen LogP contribution in [-0.2, 0) is 23.5 Å². The third-order valence-corrected chi connectivity index (χ3v) is 12.9. The molecule has 2 heterocycles. The fraction of sp³-hybridized carbons (Fsp3) is 0.727. The van der Waals surface area contributed by atoms with Gasteiger partial charge in [-0.2, -0.15) is 0 Å². The molecule has 6 atom stereocenters. The molecule has 12 heteroatoms. The second-order valence-electron chi connectivity index (χ2n) is 9.64. The molecule has 188 valence electrons. The number of rotatable bonds is 9. The van der Waals surface area contributed by atoms with E-state index in [0.29, 0.717) is 0 Å². The largest absolute Gasteiger partial charge is 0.410 e. The van der Waals surface area contributed by atoms with Gasteiger partial charge in [0.05, 0.1) is 12.7 Å². The summed E-state index contributed by atoms with van der Waals surface area (Å²) in [6.07, 6.45) is -4.29. The summed E-state index contributed by atoms with van der Waals surface area (Å²) >= 11 is 0. The molecule has 34 heavy (non-hydrogen) atoms. The van der Waals surface area contributed by atoms with E-state index in [0.717, 1.165) is 5.56 Å². The average molecular weight is 495 g/mol. The Balaban J connectivity index is 2.05. The maximum atomic E-state index is 11.2. The Hall–Kier alpha value is -2.21. The fourth-order valence-corrected chi connectivity index (χ4v) is 11.0. The van der Waals surface area contributed by atoms with Crippen LogP contribution in [0.25, 0.3) is 10.4 Å². The Morgan fingerprint density at radius 2 is 1.74 bits per heavy atom. The molecule has 1 aromatic rings. The van der Waals surface area contributed by atoms with Crippen LogP contribution in [0.5, 0.6) is 0 Å². The van der Waals surface area contributed by atoms with Crippen LogP contribution < -0.4 is 0 Å². The van der Waals surface area contributed by atoms with Gasteiger partial charge >= 0.3 is 0 Å². The predicted octanol–water partition coefficient (Wildman–Crippen LogP) is 5.27. The molecular weight excluding hydrogens is 460 g/mol. The summed E-state index contributed by atoms with van der Waals surface area (Å²) in [6, 6.07) is 8.34. The number of ether oxygens (including phenoxy) is 3. The van der Waals surface area contributed by atoms with Gasteiger partial charge in [-0.05, 0) is 22.2 Å². The second kappa shape index (κ2) is 11.0. The zero-order valence-corrected chi connectivity index (χ0v) is 21.4. The lowest BCUT2D eigenvalue weighted by atomic mass is 9.96. The summed E-state index contributed by atoms with van der Waals surface area (Å²) in [5.74, 6) is 0. The quantitative estimate of drug-likeness (QED) is 0.114. The van der Waals surface area contributed by atoms with Crippen molar-refractivity contribution in [2.24, 2.45) is 5.11 Å². The summed E-state index contributed by atoms with van der Waals surface area (Å²) in [5.41, 5.74) is 10.8. The molecule has 2 fully saturated rings. The van der Waals surface area contributed by atoms with Crippen molar-refractivity contribution >= 4 is 8.32 Å². The molecule has 0 radical (unpaired) electrons. The molecule has 0 spiro atoms. The van der Waals surface area contributed by atoms with Gasteiger partial charge in [-0.25, -0.2) is 0 Å². The normalized spacial score (nSPS) is 29.6. The molecule has 2 unspecified atom stereocenters. The van der Waals surface area contributed by atoms with Gasteiger partial charge in [-0.3, -0.25) is 4.84 Å². The summed E-state index contributed by atoms with van der Waals surface area (Å²) in [4.78, 5) is 18.9. The zero-order valence-electron chi connectivity index (χ0n) is 20.4. The molecular formula is C22H34N4O7Si. The number of fused-ring (bicyclic) bond motifs is 1. The Bertz CT molecular complexity index is 859. The molecule has 0 aromatic heterocycles. The molecule has 0 amide bonds. The Morgan fingerprint density at radius 3 is 2.26 bits per heavy atom. The molecule has 3 rings (SSSR count). The van der Waals surface area contributed by atoms with Gasteiger partial charge in [0, 0.05) is 10.5 Å². The van der Waals surface area contributed by atoms with E-state index < -0.39 is 50.3 Å². The summed E-state index contributed by atoms with van der Waals surface area (Å²) in [6.45, 7) is 12.9. The van der Waals surface area contributed by atoms with E-state index in [4.69, 9.17) is 23.5 Å². The van der Waals surface area contributed by atoms with Crippen LogP contribution in [0.3, 0.4) is 0 Å². The first-order valence-electron chi connectivity index (χ1n) is 11.6. The van der Waals surface area contributed by atoms with E-state index in [-0.39, 0.29) is 23.2 Å². The van der Waals surface area contributed by atoms with E-state index in [9.17, 15) is 15.6 Å². The number of hydrogen-bond donors (Lipinski definition) is 0. The summed E-state index contributed by atoms with van der Waals surface area (Å²) in [5, 5.41) is 14.1. The number of benzene rings is 1. The minimum Gasteiger partial charge on any atom is -0.410 e. The number of nitrogens with zero attached hydrogens (tertiary/aromatic N) is 4. The highest BCUT2D eigenvalue weighted by molar-refractivity contribution is 6.77. The molecule has 1 aromatic carbocycles. The maximum absolute atomic E-state index is 11.2. The van der Waals surface area contributed by atoms with E-state index >= 15 is 0 Å². The van der Waals surface area contributed by atoms with Crippen LogP contribution in [0.2, 0.25) is 16.6 Å². The molecule has 2 aliphatic rings. The zero-order chi connectivity index (χ0) is 25.0. The first-order valence-corrected chi connectivity index (χ1v) is 13.8. The summed E-state index contributed by atoms with van der Waals surface area (Å²) < 4.78 is 25.1. The molecule has 0 saturated carbocycles. The molecule has 2 aliphatic heterocycles. The highest BCUT2D eigenvalue weighted by atomic mass is 28.4. The predicted molar refractivity (Wildman–Crippen MR) is 126 cm³/mol. The topological polar surface area (TPSA) is 138 Å². The van der Waals surface area contributed by atoms with Gasteiger partial charge in [0.25, 0.3) is 5.09 Å². The van der Waals surface area contributed by atoms with Crippen LogP contribution in [0.1, 0.15) is 53.4 Å². The highest BCUT2D eigenvalue weighted by Crippen LogP contribution is 2.46. The first kappa shape index (κ1) is 26.4. The van der Waals surface area contributed by atoms with Gasteiger partial charge in [-0.1, -0.05) is 77.0 Å².